The summed E-state index contributed by atoms with van der Waals surface area (Å²) in [5.74, 6) is -0.923. The average Bonchev–Trinajstić information content (AvgIpc) is 2.85. The van der Waals surface area contributed by atoms with Gasteiger partial charge in [-0.25, -0.2) is 0 Å². The standard InChI is InChI=1S/C15H8F3N3/c16-15(17,18)14-20-10-6-2-1-5-9(10)13-19-11-7-3-4-8-12(11)21(13)14/h1-8H/p+1. The van der Waals surface area contributed by atoms with Crippen LogP contribution in [0.25, 0.3) is 27.6 Å². The van der Waals surface area contributed by atoms with Crippen LogP contribution in [0.4, 0.5) is 13.2 Å². The van der Waals surface area contributed by atoms with Crippen LogP contribution in [0.2, 0.25) is 0 Å². The number of nitrogens with one attached hydrogen (secondary N) is 1. The largest absolute Gasteiger partial charge is 0.482 e. The Morgan fingerprint density at radius 2 is 1.67 bits per heavy atom. The molecule has 0 saturated carbocycles. The van der Waals surface area contributed by atoms with Gasteiger partial charge in [-0.2, -0.15) is 17.6 Å². The molecule has 0 aliphatic carbocycles. The van der Waals surface area contributed by atoms with Crippen molar-refractivity contribution in [3.8, 4) is 0 Å². The normalized spacial score (nSPS) is 12.5. The molecular weight excluding hydrogens is 279 g/mol. The van der Waals surface area contributed by atoms with Gasteiger partial charge in [-0.3, -0.25) is 4.98 Å². The third-order valence-electron chi connectivity index (χ3n) is 3.47. The number of rotatable bonds is 0. The maximum Gasteiger partial charge on any atom is 0.482 e. The minimum atomic E-state index is -4.53. The molecule has 104 valence electrons. The van der Waals surface area contributed by atoms with Gasteiger partial charge >= 0.3 is 12.0 Å². The van der Waals surface area contributed by atoms with Crippen molar-refractivity contribution in [2.24, 2.45) is 0 Å². The molecule has 0 amide bonds. The summed E-state index contributed by atoms with van der Waals surface area (Å²) in [6.07, 6.45) is -4.53. The van der Waals surface area contributed by atoms with E-state index in [-0.39, 0.29) is 0 Å². The molecule has 0 unspecified atom stereocenters. The summed E-state index contributed by atoms with van der Waals surface area (Å²) < 4.78 is 41.2. The quantitative estimate of drug-likeness (QED) is 0.494. The average molecular weight is 288 g/mol. The van der Waals surface area contributed by atoms with Gasteiger partial charge in [-0.15, -0.1) is 0 Å². The fourth-order valence-corrected chi connectivity index (χ4v) is 2.61. The molecule has 0 radical (unpaired) electrons. The Balaban J connectivity index is 2.34. The van der Waals surface area contributed by atoms with Crippen molar-refractivity contribution >= 4 is 27.6 Å². The molecule has 0 aliphatic heterocycles. The van der Waals surface area contributed by atoms with Crippen LogP contribution >= 0.6 is 0 Å². The number of hydrogen-bond donors (Lipinski definition) is 1. The van der Waals surface area contributed by atoms with Gasteiger partial charge in [0.2, 0.25) is 5.65 Å². The third-order valence-corrected chi connectivity index (χ3v) is 3.47. The third kappa shape index (κ3) is 1.68. The number of hydrogen-bond acceptors (Lipinski definition) is 1. The molecule has 0 spiro atoms. The number of H-pyrrole nitrogens is 1. The van der Waals surface area contributed by atoms with Gasteiger partial charge in [0.25, 0.3) is 0 Å². The van der Waals surface area contributed by atoms with Crippen LogP contribution in [-0.2, 0) is 6.18 Å². The zero-order valence-corrected chi connectivity index (χ0v) is 10.6. The predicted octanol–water partition coefficient (Wildman–Crippen LogP) is 3.47. The minimum Gasteiger partial charge on any atom is -0.269 e. The topological polar surface area (TPSA) is 32.8 Å². The number of alkyl halides is 3. The summed E-state index contributed by atoms with van der Waals surface area (Å²) in [6.45, 7) is 0. The highest BCUT2D eigenvalue weighted by Gasteiger charge is 2.42. The molecule has 3 nitrogen and oxygen atoms in total. The monoisotopic (exact) mass is 288 g/mol. The van der Waals surface area contributed by atoms with Gasteiger partial charge in [0.05, 0.1) is 5.39 Å². The molecule has 2 aromatic carbocycles. The fourth-order valence-electron chi connectivity index (χ4n) is 2.61. The molecule has 0 fully saturated rings. The second-order valence-corrected chi connectivity index (χ2v) is 4.78. The highest BCUT2D eigenvalue weighted by Crippen LogP contribution is 2.29. The second kappa shape index (κ2) is 3.94. The zero-order valence-electron chi connectivity index (χ0n) is 10.6. The number of benzene rings is 2. The van der Waals surface area contributed by atoms with E-state index >= 15 is 0 Å². The lowest BCUT2D eigenvalue weighted by molar-refractivity contribution is -0.518. The molecule has 2 aromatic heterocycles. The van der Waals surface area contributed by atoms with Crippen molar-refractivity contribution in [1.29, 1.82) is 0 Å². The van der Waals surface area contributed by atoms with E-state index in [1.807, 2.05) is 0 Å². The predicted molar refractivity (Wildman–Crippen MR) is 71.8 cm³/mol. The van der Waals surface area contributed by atoms with Gasteiger partial charge in [0.15, 0.2) is 5.52 Å². The van der Waals surface area contributed by atoms with E-state index in [4.69, 9.17) is 0 Å². The van der Waals surface area contributed by atoms with Crippen LogP contribution in [0.3, 0.4) is 0 Å². The Morgan fingerprint density at radius 1 is 0.952 bits per heavy atom. The number of halogens is 3. The van der Waals surface area contributed by atoms with Crippen molar-refractivity contribution in [3.05, 3.63) is 54.4 Å². The Bertz CT molecular complexity index is 986. The number of aromatic nitrogens is 3. The van der Waals surface area contributed by atoms with Crippen molar-refractivity contribution in [2.45, 2.75) is 6.18 Å². The van der Waals surface area contributed by atoms with Crippen molar-refractivity contribution in [3.63, 3.8) is 0 Å². The zero-order chi connectivity index (χ0) is 14.6. The lowest BCUT2D eigenvalue weighted by Gasteiger charge is -2.04. The molecular formula is C15H9F3N3+. The Morgan fingerprint density at radius 3 is 2.48 bits per heavy atom. The maximum absolute atomic E-state index is 13.4. The van der Waals surface area contributed by atoms with Crippen molar-refractivity contribution < 1.29 is 17.6 Å². The molecule has 6 heteroatoms. The van der Waals surface area contributed by atoms with Crippen LogP contribution < -0.4 is 4.40 Å². The molecule has 21 heavy (non-hydrogen) atoms. The van der Waals surface area contributed by atoms with Crippen LogP contribution in [0.5, 0.6) is 0 Å². The molecule has 0 saturated heterocycles. The van der Waals surface area contributed by atoms with E-state index in [2.05, 4.69) is 9.97 Å². The summed E-state index contributed by atoms with van der Waals surface area (Å²) in [5.41, 5.74) is 1.81. The van der Waals surface area contributed by atoms with E-state index in [1.165, 1.54) is 0 Å². The van der Waals surface area contributed by atoms with Gasteiger partial charge < -0.3 is 0 Å². The first kappa shape index (κ1) is 12.1. The number of imidazole rings is 1. The van der Waals surface area contributed by atoms with Crippen molar-refractivity contribution in [1.82, 2.24) is 9.97 Å². The van der Waals surface area contributed by atoms with E-state index in [1.54, 1.807) is 48.5 Å². The number of aromatic amines is 1. The van der Waals surface area contributed by atoms with Gasteiger partial charge in [0.1, 0.15) is 11.0 Å². The summed E-state index contributed by atoms with van der Waals surface area (Å²) in [7, 11) is 0. The first-order chi connectivity index (χ1) is 10.1. The van der Waals surface area contributed by atoms with Gasteiger partial charge in [0, 0.05) is 0 Å². The van der Waals surface area contributed by atoms with E-state index < -0.39 is 12.0 Å². The maximum atomic E-state index is 13.4. The summed E-state index contributed by atoms with van der Waals surface area (Å²) in [4.78, 5) is 6.87. The van der Waals surface area contributed by atoms with Crippen LogP contribution in [0.15, 0.2) is 48.5 Å². The molecule has 0 bridgehead atoms. The number of para-hydroxylation sites is 3. The molecule has 2 heterocycles. The molecule has 4 aromatic rings. The van der Waals surface area contributed by atoms with E-state index in [0.717, 1.165) is 4.40 Å². The summed E-state index contributed by atoms with van der Waals surface area (Å²) in [5, 5.41) is 0.654. The lowest BCUT2D eigenvalue weighted by Crippen LogP contribution is -2.34. The first-order valence-corrected chi connectivity index (χ1v) is 6.34. The number of nitrogens with zero attached hydrogens (tertiary/aromatic N) is 2. The highest BCUT2D eigenvalue weighted by atomic mass is 19.4. The van der Waals surface area contributed by atoms with Gasteiger partial charge in [-0.1, -0.05) is 29.2 Å². The highest BCUT2D eigenvalue weighted by molar-refractivity contribution is 5.92. The molecule has 0 atom stereocenters. The summed E-state index contributed by atoms with van der Waals surface area (Å²) >= 11 is 0. The second-order valence-electron chi connectivity index (χ2n) is 4.78. The van der Waals surface area contributed by atoms with Crippen LogP contribution in [-0.4, -0.2) is 9.97 Å². The SMILES string of the molecule is FC(F)(F)c1nc2ccccc2c2[nH]c3ccccc3[n+]12. The molecule has 4 rings (SSSR count). The number of fused-ring (bicyclic) bond motifs is 5. The Kier molecular flexibility index (Phi) is 2.28. The lowest BCUT2D eigenvalue weighted by atomic mass is 10.2. The van der Waals surface area contributed by atoms with Crippen LogP contribution in [0, 0.1) is 0 Å². The Hall–Kier alpha value is -2.63. The smallest absolute Gasteiger partial charge is 0.269 e. The van der Waals surface area contributed by atoms with Crippen LogP contribution in [0.1, 0.15) is 5.82 Å². The molecule has 1 N–H and O–H groups in total. The van der Waals surface area contributed by atoms with Gasteiger partial charge in [-0.05, 0) is 24.3 Å². The Labute approximate surface area is 116 Å². The minimum absolute atomic E-state index is 0.316. The first-order valence-electron chi connectivity index (χ1n) is 6.34. The molecule has 0 aliphatic rings. The van der Waals surface area contributed by atoms with E-state index in [0.29, 0.717) is 27.6 Å². The van der Waals surface area contributed by atoms with E-state index in [9.17, 15) is 13.2 Å². The fraction of sp³-hybridized carbons (Fsp3) is 0.0667. The summed E-state index contributed by atoms with van der Waals surface area (Å²) in [6, 6.07) is 13.7. The van der Waals surface area contributed by atoms with Crippen molar-refractivity contribution in [2.75, 3.05) is 0 Å².